The molecule has 0 radical (unpaired) electrons. The number of methoxy groups -OCH3 is 2. The van der Waals surface area contributed by atoms with Crippen LogP contribution in [0.15, 0.2) is 76.1 Å². The van der Waals surface area contributed by atoms with Gasteiger partial charge in [0.25, 0.3) is 0 Å². The predicted molar refractivity (Wildman–Crippen MR) is 122 cm³/mol. The lowest BCUT2D eigenvalue weighted by atomic mass is 10.1. The standard InChI is InChI=1S/C26H25NO4/c1-5-30-20-11-13-23-21(15-20)22(27-19-9-6-17(2)7-10-19)16-25(31-23)18-8-12-24(28-3)26(14-18)29-4/h6-16H,5H2,1-4H3. The predicted octanol–water partition coefficient (Wildman–Crippen LogP) is 6.06. The van der Waals surface area contributed by atoms with E-state index < -0.39 is 0 Å². The number of benzene rings is 3. The second-order valence-electron chi connectivity index (χ2n) is 7.10. The second-order valence-corrected chi connectivity index (χ2v) is 7.10. The number of rotatable bonds is 6. The van der Waals surface area contributed by atoms with E-state index in [0.717, 1.165) is 33.3 Å². The van der Waals surface area contributed by atoms with Crippen LogP contribution in [-0.4, -0.2) is 20.8 Å². The zero-order chi connectivity index (χ0) is 21.8. The SMILES string of the molecule is CCOc1ccc2oc(-c3ccc(OC)c(OC)c3)cc(=Nc3ccc(C)cc3)c2c1. The molecule has 0 atom stereocenters. The number of hydrogen-bond acceptors (Lipinski definition) is 5. The average Bonchev–Trinajstić information content (AvgIpc) is 2.80. The van der Waals surface area contributed by atoms with E-state index in [2.05, 4.69) is 19.1 Å². The summed E-state index contributed by atoms with van der Waals surface area (Å²) in [6.07, 6.45) is 0. The Morgan fingerprint density at radius 2 is 1.61 bits per heavy atom. The molecule has 1 aromatic heterocycles. The Balaban J connectivity index is 1.94. The lowest BCUT2D eigenvalue weighted by Crippen LogP contribution is -2.04. The van der Waals surface area contributed by atoms with E-state index >= 15 is 0 Å². The normalized spacial score (nSPS) is 11.5. The highest BCUT2D eigenvalue weighted by Gasteiger charge is 2.11. The molecule has 31 heavy (non-hydrogen) atoms. The maximum absolute atomic E-state index is 6.24. The summed E-state index contributed by atoms with van der Waals surface area (Å²) in [6.45, 7) is 4.62. The van der Waals surface area contributed by atoms with Gasteiger partial charge in [-0.05, 0) is 62.4 Å². The maximum Gasteiger partial charge on any atom is 0.161 e. The van der Waals surface area contributed by atoms with Crippen LogP contribution in [0.4, 0.5) is 5.69 Å². The largest absolute Gasteiger partial charge is 0.494 e. The van der Waals surface area contributed by atoms with Crippen LogP contribution in [0, 0.1) is 6.92 Å². The van der Waals surface area contributed by atoms with E-state index in [-0.39, 0.29) is 0 Å². The summed E-state index contributed by atoms with van der Waals surface area (Å²) in [6, 6.07) is 21.5. The van der Waals surface area contributed by atoms with Crippen molar-refractivity contribution in [2.75, 3.05) is 20.8 Å². The van der Waals surface area contributed by atoms with Crippen molar-refractivity contribution in [1.82, 2.24) is 0 Å². The Labute approximate surface area is 181 Å². The highest BCUT2D eigenvalue weighted by atomic mass is 16.5. The average molecular weight is 415 g/mol. The Morgan fingerprint density at radius 3 is 2.32 bits per heavy atom. The molecule has 4 rings (SSSR count). The molecular weight excluding hydrogens is 390 g/mol. The molecule has 5 heteroatoms. The van der Waals surface area contributed by atoms with E-state index in [0.29, 0.717) is 23.9 Å². The highest BCUT2D eigenvalue weighted by molar-refractivity contribution is 5.80. The van der Waals surface area contributed by atoms with E-state index in [1.165, 1.54) is 5.56 Å². The van der Waals surface area contributed by atoms with Crippen LogP contribution in [0.5, 0.6) is 17.2 Å². The third-order valence-corrected chi connectivity index (χ3v) is 4.98. The molecule has 5 nitrogen and oxygen atoms in total. The Bertz CT molecular complexity index is 1270. The van der Waals surface area contributed by atoms with Gasteiger partial charge >= 0.3 is 0 Å². The van der Waals surface area contributed by atoms with Crippen molar-refractivity contribution in [3.63, 3.8) is 0 Å². The van der Waals surface area contributed by atoms with Gasteiger partial charge in [-0.25, -0.2) is 4.99 Å². The summed E-state index contributed by atoms with van der Waals surface area (Å²) in [7, 11) is 3.24. The third kappa shape index (κ3) is 4.40. The van der Waals surface area contributed by atoms with Crippen molar-refractivity contribution >= 4 is 16.7 Å². The molecule has 1 heterocycles. The molecule has 0 amide bonds. The molecule has 3 aromatic carbocycles. The van der Waals surface area contributed by atoms with E-state index in [9.17, 15) is 0 Å². The summed E-state index contributed by atoms with van der Waals surface area (Å²) in [5.41, 5.74) is 3.66. The lowest BCUT2D eigenvalue weighted by Gasteiger charge is -2.11. The monoisotopic (exact) mass is 415 g/mol. The van der Waals surface area contributed by atoms with Gasteiger partial charge in [-0.1, -0.05) is 17.7 Å². The fourth-order valence-corrected chi connectivity index (χ4v) is 3.39. The van der Waals surface area contributed by atoms with Gasteiger partial charge < -0.3 is 18.6 Å². The van der Waals surface area contributed by atoms with Crippen LogP contribution in [0.3, 0.4) is 0 Å². The lowest BCUT2D eigenvalue weighted by molar-refractivity contribution is 0.340. The summed E-state index contributed by atoms with van der Waals surface area (Å²) in [5, 5.41) is 1.69. The van der Waals surface area contributed by atoms with Gasteiger partial charge in [-0.15, -0.1) is 0 Å². The molecular formula is C26H25NO4. The van der Waals surface area contributed by atoms with Gasteiger partial charge in [0.15, 0.2) is 11.5 Å². The fraction of sp³-hybridized carbons (Fsp3) is 0.192. The van der Waals surface area contributed by atoms with E-state index in [1.807, 2.05) is 61.5 Å². The molecule has 4 aromatic rings. The second kappa shape index (κ2) is 8.96. The van der Waals surface area contributed by atoms with Crippen LogP contribution in [0.2, 0.25) is 0 Å². The first-order chi connectivity index (χ1) is 15.1. The van der Waals surface area contributed by atoms with Gasteiger partial charge in [0.1, 0.15) is 17.1 Å². The minimum atomic E-state index is 0.594. The molecule has 0 fully saturated rings. The van der Waals surface area contributed by atoms with Crippen LogP contribution < -0.4 is 19.6 Å². The van der Waals surface area contributed by atoms with Crippen molar-refractivity contribution in [2.24, 2.45) is 4.99 Å². The number of aryl methyl sites for hydroxylation is 1. The number of hydrogen-bond donors (Lipinski definition) is 0. The topological polar surface area (TPSA) is 53.2 Å². The number of ether oxygens (including phenoxy) is 3. The Kier molecular flexibility index (Phi) is 5.94. The third-order valence-electron chi connectivity index (χ3n) is 4.98. The quantitative estimate of drug-likeness (QED) is 0.384. The smallest absolute Gasteiger partial charge is 0.161 e. The van der Waals surface area contributed by atoms with Gasteiger partial charge in [0, 0.05) is 17.0 Å². The van der Waals surface area contributed by atoms with Gasteiger partial charge in [-0.2, -0.15) is 0 Å². The minimum Gasteiger partial charge on any atom is -0.494 e. The number of nitrogens with zero attached hydrogens (tertiary/aromatic N) is 1. The summed E-state index contributed by atoms with van der Waals surface area (Å²) in [4.78, 5) is 4.90. The Morgan fingerprint density at radius 1 is 0.839 bits per heavy atom. The minimum absolute atomic E-state index is 0.594. The van der Waals surface area contributed by atoms with Crippen LogP contribution in [-0.2, 0) is 0 Å². The first-order valence-electron chi connectivity index (χ1n) is 10.2. The highest BCUT2D eigenvalue weighted by Crippen LogP contribution is 2.33. The van der Waals surface area contributed by atoms with Gasteiger partial charge in [0.2, 0.25) is 0 Å². The van der Waals surface area contributed by atoms with Crippen molar-refractivity contribution in [3.8, 4) is 28.6 Å². The summed E-state index contributed by atoms with van der Waals surface area (Å²) < 4.78 is 22.7. The van der Waals surface area contributed by atoms with Crippen LogP contribution in [0.25, 0.3) is 22.3 Å². The zero-order valence-electron chi connectivity index (χ0n) is 18.1. The van der Waals surface area contributed by atoms with Crippen molar-refractivity contribution in [1.29, 1.82) is 0 Å². The molecule has 0 saturated carbocycles. The van der Waals surface area contributed by atoms with Crippen molar-refractivity contribution in [2.45, 2.75) is 13.8 Å². The molecule has 158 valence electrons. The molecule has 0 unspecified atom stereocenters. The van der Waals surface area contributed by atoms with Crippen molar-refractivity contribution in [3.05, 3.63) is 77.7 Å². The van der Waals surface area contributed by atoms with Crippen LogP contribution in [0.1, 0.15) is 12.5 Å². The molecule has 0 aliphatic rings. The maximum atomic E-state index is 6.24. The van der Waals surface area contributed by atoms with Crippen molar-refractivity contribution < 1.29 is 18.6 Å². The summed E-state index contributed by atoms with van der Waals surface area (Å²) >= 11 is 0. The molecule has 0 bridgehead atoms. The zero-order valence-corrected chi connectivity index (χ0v) is 18.1. The molecule has 0 saturated heterocycles. The molecule has 0 N–H and O–H groups in total. The van der Waals surface area contributed by atoms with E-state index in [1.54, 1.807) is 14.2 Å². The van der Waals surface area contributed by atoms with E-state index in [4.69, 9.17) is 23.6 Å². The number of fused-ring (bicyclic) bond motifs is 1. The molecule has 0 aliphatic heterocycles. The van der Waals surface area contributed by atoms with Gasteiger partial charge in [0.05, 0.1) is 31.9 Å². The van der Waals surface area contributed by atoms with Gasteiger partial charge in [-0.3, -0.25) is 0 Å². The fourth-order valence-electron chi connectivity index (χ4n) is 3.39. The Hall–Kier alpha value is -3.73. The molecule has 0 aliphatic carbocycles. The first kappa shape index (κ1) is 20.5. The first-order valence-corrected chi connectivity index (χ1v) is 10.2. The summed E-state index contributed by atoms with van der Waals surface area (Å²) in [5.74, 6) is 2.77. The van der Waals surface area contributed by atoms with Crippen LogP contribution >= 0.6 is 0 Å². The molecule has 0 spiro atoms.